The molecule has 0 radical (unpaired) electrons. The van der Waals surface area contributed by atoms with Crippen molar-refractivity contribution >= 4 is 36.7 Å². The number of nitrogens with zero attached hydrogens (tertiary/aromatic N) is 5. The Labute approximate surface area is 374 Å². The fourth-order valence-electron chi connectivity index (χ4n) is 8.89. The van der Waals surface area contributed by atoms with Crippen LogP contribution < -0.4 is 10.9 Å². The van der Waals surface area contributed by atoms with E-state index in [1.807, 2.05) is 0 Å². The molecule has 21 heteroatoms. The summed E-state index contributed by atoms with van der Waals surface area (Å²) in [4.78, 5) is 33.7. The number of rotatable bonds is 13. The topological polar surface area (TPSA) is 163 Å². The molecule has 346 valence electrons. The number of nitrogens with one attached hydrogen (secondary N) is 1. The van der Waals surface area contributed by atoms with Gasteiger partial charge >= 0.3 is 0 Å². The molecule has 3 atom stereocenters. The minimum atomic E-state index is -4.02. The molecule has 3 aliphatic rings. The van der Waals surface area contributed by atoms with E-state index >= 15 is 8.78 Å². The third-order valence-corrected chi connectivity index (χ3v) is 16.3. The second-order valence-electron chi connectivity index (χ2n) is 16.7. The van der Waals surface area contributed by atoms with Crippen LogP contribution in [0.5, 0.6) is 0 Å². The van der Waals surface area contributed by atoms with Crippen molar-refractivity contribution in [3.05, 3.63) is 135 Å². The molecule has 6 aromatic rings. The lowest BCUT2D eigenvalue weighted by Crippen LogP contribution is -2.40. The van der Waals surface area contributed by atoms with Gasteiger partial charge in [0.1, 0.15) is 35.4 Å². The fraction of sp³-hybridized carbons (Fsp3) is 0.333. The van der Waals surface area contributed by atoms with Gasteiger partial charge in [0.15, 0.2) is 9.84 Å². The molecule has 1 amide bonds. The predicted molar refractivity (Wildman–Crippen MR) is 228 cm³/mol. The van der Waals surface area contributed by atoms with Gasteiger partial charge < -0.3 is 10.1 Å². The predicted octanol–water partition coefficient (Wildman–Crippen LogP) is 6.98. The molecule has 1 unspecified atom stereocenters. The summed E-state index contributed by atoms with van der Waals surface area (Å²) in [5.41, 5.74) is -2.20. The summed E-state index contributed by atoms with van der Waals surface area (Å²) in [7, 11) is -7.87. The second-order valence-corrected chi connectivity index (χ2v) is 21.1. The van der Waals surface area contributed by atoms with Gasteiger partial charge in [-0.1, -0.05) is 24.3 Å². The molecule has 13 nitrogen and oxygen atoms in total. The number of ether oxygens (including phenoxy) is 1. The number of fused-ring (bicyclic) bond motifs is 4. The molecular formula is C45H40F6N6O7S2. The van der Waals surface area contributed by atoms with E-state index in [1.54, 1.807) is 18.2 Å². The summed E-state index contributed by atoms with van der Waals surface area (Å²) < 4.78 is 151. The highest BCUT2D eigenvalue weighted by Crippen LogP contribution is 2.68. The minimum absolute atomic E-state index is 0.00120. The average Bonchev–Trinajstić information content (AvgIpc) is 3.94. The van der Waals surface area contributed by atoms with Crippen LogP contribution >= 0.6 is 0 Å². The van der Waals surface area contributed by atoms with E-state index in [1.165, 1.54) is 66.7 Å². The van der Waals surface area contributed by atoms with Crippen molar-refractivity contribution in [1.82, 2.24) is 29.0 Å². The van der Waals surface area contributed by atoms with E-state index in [-0.39, 0.29) is 81.6 Å². The second kappa shape index (κ2) is 16.8. The lowest BCUT2D eigenvalue weighted by molar-refractivity contribution is -0.123. The molecule has 1 N–H and O–H groups in total. The maximum Gasteiger partial charge on any atom is 0.293 e. The molecule has 0 spiro atoms. The van der Waals surface area contributed by atoms with E-state index < -0.39 is 103 Å². The number of morpholine rings is 1. The van der Waals surface area contributed by atoms with Crippen LogP contribution in [0.25, 0.3) is 27.7 Å². The van der Waals surface area contributed by atoms with Gasteiger partial charge in [-0.3, -0.25) is 18.8 Å². The third kappa shape index (κ3) is 7.98. The summed E-state index contributed by atoms with van der Waals surface area (Å²) in [5.74, 6) is -8.99. The van der Waals surface area contributed by atoms with Crippen molar-refractivity contribution in [3.63, 3.8) is 0 Å². The highest BCUT2D eigenvalue weighted by atomic mass is 32.2. The monoisotopic (exact) mass is 954 g/mol. The highest BCUT2D eigenvalue weighted by Gasteiger charge is 2.67. The molecule has 3 heterocycles. The SMILES string of the molecule is CC(C)S(=O)(=O)c1ccccc1-c1ccc2c(=O)n(-c3ccc(S(=O)(=O)N4CCOCC4)cc3)c(C(Cc3cc(F)cc(F)c3)NC(=O)Cn3nc(C(F)F)c4c3C(F)(F)[C@H]3C[C@@H]43)nc2c1. The Balaban J connectivity index is 1.21. The van der Waals surface area contributed by atoms with Crippen LogP contribution in [0, 0.1) is 17.6 Å². The summed E-state index contributed by atoms with van der Waals surface area (Å²) in [6.07, 6.45) is -3.73. The molecule has 1 saturated heterocycles. The van der Waals surface area contributed by atoms with Crippen molar-refractivity contribution in [2.45, 2.75) is 72.6 Å². The molecule has 66 heavy (non-hydrogen) atoms. The Morgan fingerprint density at radius 2 is 1.61 bits per heavy atom. The number of sulfone groups is 1. The number of hydrogen-bond donors (Lipinski definition) is 1. The Bertz CT molecular complexity index is 3190. The zero-order valence-corrected chi connectivity index (χ0v) is 36.7. The van der Waals surface area contributed by atoms with Gasteiger partial charge in [-0.05, 0) is 91.9 Å². The number of amides is 1. The van der Waals surface area contributed by atoms with Gasteiger partial charge in [-0.25, -0.2) is 39.4 Å². The number of sulfonamides is 1. The van der Waals surface area contributed by atoms with Crippen LogP contribution in [-0.4, -0.2) is 77.9 Å². The quantitative estimate of drug-likeness (QED) is 0.121. The molecule has 9 rings (SSSR count). The van der Waals surface area contributed by atoms with Crippen molar-refractivity contribution < 1.29 is 52.7 Å². The zero-order valence-electron chi connectivity index (χ0n) is 35.1. The van der Waals surface area contributed by atoms with Gasteiger partial charge in [0.05, 0.1) is 50.9 Å². The first kappa shape index (κ1) is 45.3. The van der Waals surface area contributed by atoms with E-state index in [2.05, 4.69) is 10.4 Å². The number of carbonyl (C=O) groups is 1. The number of hydrogen-bond acceptors (Lipinski definition) is 9. The van der Waals surface area contributed by atoms with Gasteiger partial charge in [0.25, 0.3) is 17.9 Å². The summed E-state index contributed by atoms with van der Waals surface area (Å²) >= 11 is 0. The zero-order chi connectivity index (χ0) is 47.0. The molecule has 1 saturated carbocycles. The van der Waals surface area contributed by atoms with E-state index in [0.717, 1.165) is 16.7 Å². The molecule has 1 aliphatic heterocycles. The van der Waals surface area contributed by atoms with Crippen LogP contribution in [-0.2, 0) is 48.3 Å². The summed E-state index contributed by atoms with van der Waals surface area (Å²) in [5, 5.41) is 5.54. The first-order chi connectivity index (χ1) is 31.3. The van der Waals surface area contributed by atoms with Crippen molar-refractivity contribution in [1.29, 1.82) is 0 Å². The highest BCUT2D eigenvalue weighted by molar-refractivity contribution is 7.92. The number of halogens is 6. The Kier molecular flexibility index (Phi) is 11.5. The lowest BCUT2D eigenvalue weighted by Gasteiger charge is -2.26. The normalized spacial score (nSPS) is 18.7. The van der Waals surface area contributed by atoms with Gasteiger partial charge in [0.2, 0.25) is 15.9 Å². The number of carbonyl (C=O) groups excluding carboxylic acids is 1. The third-order valence-electron chi connectivity index (χ3n) is 12.2. The molecule has 0 bridgehead atoms. The molecule has 4 aromatic carbocycles. The molecular weight excluding hydrogens is 915 g/mol. The van der Waals surface area contributed by atoms with E-state index in [4.69, 9.17) is 9.72 Å². The number of alkyl halides is 4. The fourth-order valence-corrected chi connectivity index (χ4v) is 11.6. The van der Waals surface area contributed by atoms with Crippen LogP contribution in [0.3, 0.4) is 0 Å². The maximum atomic E-state index is 15.5. The first-order valence-corrected chi connectivity index (χ1v) is 23.9. The average molecular weight is 955 g/mol. The largest absolute Gasteiger partial charge is 0.379 e. The molecule has 2 fully saturated rings. The maximum absolute atomic E-state index is 15.5. The van der Waals surface area contributed by atoms with Crippen LogP contribution in [0.15, 0.2) is 99.5 Å². The van der Waals surface area contributed by atoms with E-state index in [0.29, 0.717) is 16.3 Å². The van der Waals surface area contributed by atoms with Crippen LogP contribution in [0.1, 0.15) is 67.0 Å². The molecule has 2 aliphatic carbocycles. The van der Waals surface area contributed by atoms with E-state index in [9.17, 15) is 44.0 Å². The van der Waals surface area contributed by atoms with Crippen LogP contribution in [0.4, 0.5) is 26.3 Å². The summed E-state index contributed by atoms with van der Waals surface area (Å²) in [6, 6.07) is 16.7. The van der Waals surface area contributed by atoms with Crippen LogP contribution in [0.2, 0.25) is 0 Å². The van der Waals surface area contributed by atoms with Gasteiger partial charge in [-0.15, -0.1) is 0 Å². The Morgan fingerprint density at radius 1 is 0.924 bits per heavy atom. The minimum Gasteiger partial charge on any atom is -0.379 e. The van der Waals surface area contributed by atoms with Gasteiger partial charge in [0, 0.05) is 42.6 Å². The van der Waals surface area contributed by atoms with Gasteiger partial charge in [-0.2, -0.15) is 18.2 Å². The Hall–Kier alpha value is -5.90. The lowest BCUT2D eigenvalue weighted by atomic mass is 10.0. The van der Waals surface area contributed by atoms with Crippen molar-refractivity contribution in [2.24, 2.45) is 5.92 Å². The first-order valence-electron chi connectivity index (χ1n) is 20.9. The smallest absolute Gasteiger partial charge is 0.293 e. The standard InChI is InChI=1S/C45H40F6N6O7S2/c1-24(2)65(60,61)37-6-4-3-5-31(37)26-7-12-32-35(20-26)53-43(57(44(32)59)29-8-10-30(11-9-29)66(62,63)55-13-15-64-16-14-55)36(19-25-17-27(46)21-28(47)18-25)52-38(58)23-56-41-39(40(54-56)42(48)49)33-22-34(33)45(41,50)51/h3-12,17-18,20-21,24,33-34,36,42H,13-16,19,22-23H2,1-2H3,(H,52,58)/t33-,34+,36?/m1/s1. The number of aromatic nitrogens is 4. The molecule has 2 aromatic heterocycles. The summed E-state index contributed by atoms with van der Waals surface area (Å²) in [6.45, 7) is 2.61. The number of benzene rings is 4. The van der Waals surface area contributed by atoms with Crippen molar-refractivity contribution in [2.75, 3.05) is 26.3 Å². The Morgan fingerprint density at radius 3 is 2.27 bits per heavy atom. The van der Waals surface area contributed by atoms with Crippen molar-refractivity contribution in [3.8, 4) is 16.8 Å².